The van der Waals surface area contributed by atoms with Gasteiger partial charge in [0, 0.05) is 5.54 Å². The Balaban J connectivity index is 1.65. The topological polar surface area (TPSA) is 0 Å². The van der Waals surface area contributed by atoms with Crippen molar-refractivity contribution in [1.29, 1.82) is 0 Å². The summed E-state index contributed by atoms with van der Waals surface area (Å²) < 4.78 is 0. The average molecular weight is 353 g/mol. The van der Waals surface area contributed by atoms with E-state index in [2.05, 4.69) is 98.9 Å². The highest BCUT2D eigenvalue weighted by Crippen LogP contribution is 2.50. The zero-order chi connectivity index (χ0) is 17.9. The molecule has 26 heavy (non-hydrogen) atoms. The molecule has 0 aromatic heterocycles. The SMILES string of the molecule is CC1=Cc2c(ccc3ccccc23)C1[Si](C)(C)C1C=Cc2ccccc21. The average Bonchev–Trinajstić information content (AvgIpc) is 3.22. The van der Waals surface area contributed by atoms with E-state index in [9.17, 15) is 0 Å². The third-order valence-corrected chi connectivity index (χ3v) is 10.8. The molecular formula is C25H24Si. The molecule has 2 unspecified atom stereocenters. The van der Waals surface area contributed by atoms with Crippen LogP contribution in [0.25, 0.3) is 22.9 Å². The first-order valence-electron chi connectivity index (χ1n) is 9.54. The van der Waals surface area contributed by atoms with Crippen LogP contribution in [0.4, 0.5) is 0 Å². The minimum absolute atomic E-state index is 0.586. The molecule has 0 saturated carbocycles. The minimum Gasteiger partial charge on any atom is -0.0791 e. The van der Waals surface area contributed by atoms with Crippen molar-refractivity contribution in [3.05, 3.63) is 94.6 Å². The molecule has 5 rings (SSSR count). The van der Waals surface area contributed by atoms with Gasteiger partial charge in [-0.1, -0.05) is 97.6 Å². The van der Waals surface area contributed by atoms with Crippen LogP contribution >= 0.6 is 0 Å². The Hall–Kier alpha value is -2.38. The summed E-state index contributed by atoms with van der Waals surface area (Å²) in [6.45, 7) is 7.51. The number of allylic oxidation sites excluding steroid dienone is 2. The van der Waals surface area contributed by atoms with Crippen molar-refractivity contribution in [2.75, 3.05) is 0 Å². The van der Waals surface area contributed by atoms with Crippen molar-refractivity contribution in [2.24, 2.45) is 0 Å². The molecule has 0 aliphatic heterocycles. The van der Waals surface area contributed by atoms with Crippen molar-refractivity contribution < 1.29 is 0 Å². The van der Waals surface area contributed by atoms with Crippen molar-refractivity contribution >= 4 is 31.0 Å². The van der Waals surface area contributed by atoms with Crippen LogP contribution in [0, 0.1) is 0 Å². The molecule has 0 heterocycles. The fourth-order valence-corrected chi connectivity index (χ4v) is 9.67. The van der Waals surface area contributed by atoms with E-state index in [1.165, 1.54) is 27.5 Å². The van der Waals surface area contributed by atoms with E-state index >= 15 is 0 Å². The van der Waals surface area contributed by atoms with Crippen molar-refractivity contribution in [2.45, 2.75) is 31.1 Å². The van der Waals surface area contributed by atoms with Crippen molar-refractivity contribution in [3.63, 3.8) is 0 Å². The van der Waals surface area contributed by atoms with Crippen LogP contribution in [-0.2, 0) is 0 Å². The molecule has 2 aliphatic rings. The summed E-state index contributed by atoms with van der Waals surface area (Å²) in [6.07, 6.45) is 7.27. The lowest BCUT2D eigenvalue weighted by Crippen LogP contribution is -2.41. The third kappa shape index (κ3) is 2.13. The molecule has 3 aromatic carbocycles. The van der Waals surface area contributed by atoms with Crippen molar-refractivity contribution in [1.82, 2.24) is 0 Å². The van der Waals surface area contributed by atoms with E-state index in [1.807, 2.05) is 0 Å². The molecule has 2 atom stereocenters. The smallest absolute Gasteiger partial charge is 0.0718 e. The maximum absolute atomic E-state index is 2.58. The summed E-state index contributed by atoms with van der Waals surface area (Å²) >= 11 is 0. The molecular weight excluding hydrogens is 328 g/mol. The summed E-state index contributed by atoms with van der Waals surface area (Å²) in [4.78, 5) is 0. The zero-order valence-corrected chi connectivity index (χ0v) is 16.7. The number of hydrogen-bond acceptors (Lipinski definition) is 0. The van der Waals surface area contributed by atoms with Gasteiger partial charge in [0.25, 0.3) is 0 Å². The van der Waals surface area contributed by atoms with Crippen molar-refractivity contribution in [3.8, 4) is 0 Å². The highest BCUT2D eigenvalue weighted by atomic mass is 28.3. The molecule has 3 aromatic rings. The van der Waals surface area contributed by atoms with Gasteiger partial charge in [0.2, 0.25) is 0 Å². The zero-order valence-electron chi connectivity index (χ0n) is 15.7. The Morgan fingerprint density at radius 1 is 0.808 bits per heavy atom. The molecule has 0 radical (unpaired) electrons. The lowest BCUT2D eigenvalue weighted by Gasteiger charge is -2.37. The first kappa shape index (κ1) is 15.8. The molecule has 0 N–H and O–H groups in total. The van der Waals surface area contributed by atoms with Crippen LogP contribution in [0.1, 0.15) is 40.3 Å². The molecule has 1 heteroatoms. The maximum atomic E-state index is 2.58. The largest absolute Gasteiger partial charge is 0.0791 e. The van der Waals surface area contributed by atoms with Crippen LogP contribution in [0.5, 0.6) is 0 Å². The van der Waals surface area contributed by atoms with Gasteiger partial charge in [-0.25, -0.2) is 0 Å². The second-order valence-electron chi connectivity index (χ2n) is 8.40. The first-order chi connectivity index (χ1) is 12.6. The fraction of sp³-hybridized carbons (Fsp3) is 0.200. The summed E-state index contributed by atoms with van der Waals surface area (Å²) in [7, 11) is -1.65. The highest BCUT2D eigenvalue weighted by molar-refractivity contribution is 6.81. The number of fused-ring (bicyclic) bond motifs is 4. The Labute approximate surface area is 156 Å². The molecule has 0 bridgehead atoms. The minimum atomic E-state index is -1.65. The molecule has 0 saturated heterocycles. The van der Waals surface area contributed by atoms with Crippen LogP contribution in [0.3, 0.4) is 0 Å². The van der Waals surface area contributed by atoms with Crippen LogP contribution in [-0.4, -0.2) is 8.07 Å². The molecule has 0 fully saturated rings. The molecule has 0 nitrogen and oxygen atoms in total. The Bertz CT molecular complexity index is 1080. The monoisotopic (exact) mass is 352 g/mol. The normalized spacial score (nSPS) is 21.0. The molecule has 0 amide bonds. The number of benzene rings is 3. The Morgan fingerprint density at radius 2 is 1.58 bits per heavy atom. The second-order valence-corrected chi connectivity index (χ2v) is 13.2. The van der Waals surface area contributed by atoms with E-state index in [0.717, 1.165) is 0 Å². The quantitative estimate of drug-likeness (QED) is 0.438. The summed E-state index contributed by atoms with van der Waals surface area (Å²) in [5.41, 5.74) is 8.68. The van der Waals surface area contributed by atoms with Crippen LogP contribution in [0.15, 0.2) is 72.3 Å². The Kier molecular flexibility index (Phi) is 3.38. The van der Waals surface area contributed by atoms with E-state index in [4.69, 9.17) is 0 Å². The predicted octanol–water partition coefficient (Wildman–Crippen LogP) is 6.94. The van der Waals surface area contributed by atoms with Gasteiger partial charge < -0.3 is 0 Å². The van der Waals surface area contributed by atoms with Crippen LogP contribution in [0.2, 0.25) is 13.1 Å². The number of hydrogen-bond donors (Lipinski definition) is 0. The van der Waals surface area contributed by atoms with Gasteiger partial charge >= 0.3 is 0 Å². The van der Waals surface area contributed by atoms with Gasteiger partial charge in [-0.3, -0.25) is 0 Å². The van der Waals surface area contributed by atoms with Crippen LogP contribution < -0.4 is 0 Å². The Morgan fingerprint density at radius 3 is 2.46 bits per heavy atom. The fourth-order valence-electron chi connectivity index (χ4n) is 5.35. The van der Waals surface area contributed by atoms with E-state index in [0.29, 0.717) is 11.1 Å². The molecule has 2 aliphatic carbocycles. The van der Waals surface area contributed by atoms with Gasteiger partial charge in [0.1, 0.15) is 0 Å². The van der Waals surface area contributed by atoms with E-state index < -0.39 is 8.07 Å². The summed E-state index contributed by atoms with van der Waals surface area (Å²) in [5, 5.41) is 2.75. The lowest BCUT2D eigenvalue weighted by molar-refractivity contribution is 1.00. The molecule has 0 spiro atoms. The van der Waals surface area contributed by atoms with Gasteiger partial charge in [-0.2, -0.15) is 0 Å². The van der Waals surface area contributed by atoms with Gasteiger partial charge in [-0.05, 0) is 45.5 Å². The second kappa shape index (κ2) is 5.56. The van der Waals surface area contributed by atoms with Gasteiger partial charge in [0.15, 0.2) is 0 Å². The predicted molar refractivity (Wildman–Crippen MR) is 116 cm³/mol. The van der Waals surface area contributed by atoms with E-state index in [1.54, 1.807) is 11.1 Å². The highest BCUT2D eigenvalue weighted by Gasteiger charge is 2.44. The third-order valence-electron chi connectivity index (χ3n) is 6.49. The van der Waals surface area contributed by atoms with E-state index in [-0.39, 0.29) is 0 Å². The lowest BCUT2D eigenvalue weighted by atomic mass is 10.0. The van der Waals surface area contributed by atoms with Gasteiger partial charge in [-0.15, -0.1) is 0 Å². The maximum Gasteiger partial charge on any atom is 0.0718 e. The number of rotatable bonds is 2. The first-order valence-corrected chi connectivity index (χ1v) is 12.7. The summed E-state index contributed by atoms with van der Waals surface area (Å²) in [6, 6.07) is 22.5. The van der Waals surface area contributed by atoms with Gasteiger partial charge in [0.05, 0.1) is 8.07 Å². The standard InChI is InChI=1S/C25H24Si/c1-17-16-23-20-10-6-4-8-18(20)12-14-22(23)25(17)26(2,3)24-15-13-19-9-5-7-11-21(19)24/h4-16,24-25H,1-3H3. The summed E-state index contributed by atoms with van der Waals surface area (Å²) in [5.74, 6) is 0. The molecule has 128 valence electrons.